The number of carbonyl (C=O) groups excluding carboxylic acids is 1. The second-order valence-electron chi connectivity index (χ2n) is 1.86. The van der Waals surface area contributed by atoms with Gasteiger partial charge >= 0.3 is 45.9 Å². The Bertz CT molecular complexity index is 262. The van der Waals surface area contributed by atoms with Gasteiger partial charge in [0.05, 0.1) is 0 Å². The van der Waals surface area contributed by atoms with E-state index in [4.69, 9.17) is 17.5 Å². The molecule has 0 saturated carbocycles. The first-order valence-electron chi connectivity index (χ1n) is 3.00. The van der Waals surface area contributed by atoms with Crippen molar-refractivity contribution in [1.29, 1.82) is 0 Å². The van der Waals surface area contributed by atoms with Gasteiger partial charge in [0.25, 0.3) is 0 Å². The van der Waals surface area contributed by atoms with Crippen LogP contribution in [-0.4, -0.2) is 30.1 Å². The molecule has 0 aliphatic carbocycles. The molecule has 0 aromatic rings. The van der Waals surface area contributed by atoms with Crippen molar-refractivity contribution in [1.82, 2.24) is 0 Å². The molecule has 0 rings (SSSR count). The van der Waals surface area contributed by atoms with Gasteiger partial charge in [-0.15, -0.1) is 0 Å². The number of hydrogen-bond donors (Lipinski definition) is 2. The molecule has 6 nitrogen and oxygen atoms in total. The van der Waals surface area contributed by atoms with Crippen LogP contribution in [0.5, 0.6) is 0 Å². The molecule has 0 radical (unpaired) electrons. The largest absolute Gasteiger partial charge is 1.00 e. The van der Waals surface area contributed by atoms with E-state index < -0.39 is 10.4 Å². The zero-order chi connectivity index (χ0) is 11.1. The van der Waals surface area contributed by atoms with Crippen LogP contribution in [0, 0.1) is 6.92 Å². The number of ether oxygens (including phenoxy) is 1. The van der Waals surface area contributed by atoms with Crippen molar-refractivity contribution in [2.24, 2.45) is 0 Å². The minimum Gasteiger partial charge on any atom is -0.496 e. The van der Waals surface area contributed by atoms with Gasteiger partial charge in [0.15, 0.2) is 0 Å². The normalized spacial score (nSPS) is 8.86. The zero-order valence-corrected chi connectivity index (χ0v) is 10.9. The Morgan fingerprint density at radius 2 is 1.79 bits per heavy atom. The molecule has 0 heterocycles. The Morgan fingerprint density at radius 1 is 1.50 bits per heavy atom. The second kappa shape index (κ2) is 9.63. The predicted octanol–water partition coefficient (Wildman–Crippen LogP) is -2.71. The number of hydrogen-bond acceptors (Lipinski definition) is 4. The van der Waals surface area contributed by atoms with Crippen molar-refractivity contribution in [2.75, 3.05) is 6.61 Å². The molecule has 8 heteroatoms. The average molecular weight is 234 g/mol. The van der Waals surface area contributed by atoms with E-state index in [-0.39, 0.29) is 42.1 Å². The zero-order valence-electron chi connectivity index (χ0n) is 8.06. The van der Waals surface area contributed by atoms with E-state index in [1.54, 1.807) is 6.92 Å². The van der Waals surface area contributed by atoms with Crippen molar-refractivity contribution in [3.63, 3.8) is 0 Å². The van der Waals surface area contributed by atoms with E-state index in [1.165, 1.54) is 0 Å². The molecule has 0 unspecified atom stereocenters. The van der Waals surface area contributed by atoms with Gasteiger partial charge in [0, 0.05) is 5.57 Å². The Balaban J connectivity index is -0.000000177. The maximum atomic E-state index is 10.4. The van der Waals surface area contributed by atoms with Crippen molar-refractivity contribution in [3.8, 4) is 0 Å². The van der Waals surface area contributed by atoms with E-state index in [0.29, 0.717) is 5.57 Å². The summed E-state index contributed by atoms with van der Waals surface area (Å²) in [5.41, 5.74) is 0.411. The topological polar surface area (TPSA) is 101 Å². The second-order valence-corrected chi connectivity index (χ2v) is 2.76. The molecule has 0 atom stereocenters. The third kappa shape index (κ3) is 29.6. The molecule has 2 N–H and O–H groups in total. The predicted molar refractivity (Wildman–Crippen MR) is 45.3 cm³/mol. The standard InChI is InChI=1S/C6H9O2.Na.H2O4S/c1-4-8-6(7)5(2)3;;1-5(2,3)4/h1-2,4H2,3H3;;(H2,1,2,3,4)/q-1;+1;. The van der Waals surface area contributed by atoms with Crippen LogP contribution in [0.15, 0.2) is 12.2 Å². The summed E-state index contributed by atoms with van der Waals surface area (Å²) in [6.45, 7) is 8.46. The van der Waals surface area contributed by atoms with Crippen molar-refractivity contribution in [2.45, 2.75) is 6.92 Å². The van der Waals surface area contributed by atoms with Gasteiger partial charge in [-0.1, -0.05) is 6.58 Å². The number of carbonyl (C=O) groups is 1. The van der Waals surface area contributed by atoms with Gasteiger partial charge in [-0.2, -0.15) is 8.42 Å². The molecule has 0 fully saturated rings. The van der Waals surface area contributed by atoms with Gasteiger partial charge in [-0.3, -0.25) is 9.11 Å². The first kappa shape index (κ1) is 19.6. The smallest absolute Gasteiger partial charge is 0.496 e. The summed E-state index contributed by atoms with van der Waals surface area (Å²) < 4.78 is 36.0. The minimum atomic E-state index is -4.67. The van der Waals surface area contributed by atoms with Crippen LogP contribution < -0.4 is 29.6 Å². The fourth-order valence-electron chi connectivity index (χ4n) is 0.216. The summed E-state index contributed by atoms with van der Waals surface area (Å²) in [7, 11) is -4.67. The van der Waals surface area contributed by atoms with Crippen molar-refractivity contribution >= 4 is 16.4 Å². The van der Waals surface area contributed by atoms with Crippen LogP contribution in [0.3, 0.4) is 0 Å². The van der Waals surface area contributed by atoms with E-state index in [2.05, 4.69) is 18.2 Å². The minimum absolute atomic E-state index is 0. The summed E-state index contributed by atoms with van der Waals surface area (Å²) in [5, 5.41) is 0. The van der Waals surface area contributed by atoms with Crippen LogP contribution in [-0.2, 0) is 19.9 Å². The Morgan fingerprint density at radius 3 is 1.86 bits per heavy atom. The molecule has 0 spiro atoms. The van der Waals surface area contributed by atoms with E-state index in [0.717, 1.165) is 0 Å². The average Bonchev–Trinajstić information content (AvgIpc) is 1.84. The van der Waals surface area contributed by atoms with Crippen LogP contribution in [0.4, 0.5) is 0 Å². The Hall–Kier alpha value is 0.0800. The first-order chi connectivity index (χ1) is 5.68. The molecule has 0 aromatic heterocycles. The van der Waals surface area contributed by atoms with Gasteiger partial charge in [0.2, 0.25) is 0 Å². The van der Waals surface area contributed by atoms with Crippen LogP contribution in [0.1, 0.15) is 6.92 Å². The third-order valence-electron chi connectivity index (χ3n) is 0.582. The van der Waals surface area contributed by atoms with Crippen molar-refractivity contribution < 1.29 is 56.6 Å². The van der Waals surface area contributed by atoms with Gasteiger partial charge in [-0.25, -0.2) is 4.79 Å². The molecule has 0 bridgehead atoms. The molecule has 0 aliphatic rings. The maximum absolute atomic E-state index is 10.4. The van der Waals surface area contributed by atoms with Crippen molar-refractivity contribution in [3.05, 3.63) is 19.1 Å². The van der Waals surface area contributed by atoms with Gasteiger partial charge < -0.3 is 11.7 Å². The van der Waals surface area contributed by atoms with Crippen LogP contribution in [0.25, 0.3) is 0 Å². The summed E-state index contributed by atoms with van der Waals surface area (Å²) in [6, 6.07) is 0. The molecule has 0 aromatic carbocycles. The van der Waals surface area contributed by atoms with Gasteiger partial charge in [-0.05, 0) is 13.5 Å². The maximum Gasteiger partial charge on any atom is 1.00 e. The molecule has 0 amide bonds. The van der Waals surface area contributed by atoms with Crippen LogP contribution >= 0.6 is 0 Å². The summed E-state index contributed by atoms with van der Waals surface area (Å²) in [4.78, 5) is 10.4. The van der Waals surface area contributed by atoms with Gasteiger partial charge in [0.1, 0.15) is 0 Å². The number of rotatable bonds is 2. The fraction of sp³-hybridized carbons (Fsp3) is 0.333. The van der Waals surface area contributed by atoms with E-state index >= 15 is 0 Å². The van der Waals surface area contributed by atoms with E-state index in [1.807, 2.05) is 0 Å². The quantitative estimate of drug-likeness (QED) is 0.177. The third-order valence-corrected chi connectivity index (χ3v) is 0.582. The molecule has 0 aliphatic heterocycles. The van der Waals surface area contributed by atoms with E-state index in [9.17, 15) is 4.79 Å². The monoisotopic (exact) mass is 234 g/mol. The summed E-state index contributed by atoms with van der Waals surface area (Å²) >= 11 is 0. The Labute approximate surface area is 105 Å². The summed E-state index contributed by atoms with van der Waals surface area (Å²) in [6.07, 6.45) is 0. The molecule has 78 valence electrons. The molecular weight excluding hydrogens is 223 g/mol. The summed E-state index contributed by atoms with van der Waals surface area (Å²) in [5.74, 6) is -0.375. The first-order valence-corrected chi connectivity index (χ1v) is 4.40. The molecule has 0 saturated heterocycles. The fourth-order valence-corrected chi connectivity index (χ4v) is 0.216. The molecular formula is C6H11NaO6S. The number of esters is 1. The SMILES string of the molecule is C=C(C)C(=O)OC[CH2-].O=S(=O)(O)O.[Na+]. The van der Waals surface area contributed by atoms with Crippen LogP contribution in [0.2, 0.25) is 0 Å². The Kier molecular flexibility index (Phi) is 13.5. The molecule has 14 heavy (non-hydrogen) atoms.